The molecule has 2 aliphatic carbocycles. The predicted molar refractivity (Wildman–Crippen MR) is 66.2 cm³/mol. The van der Waals surface area contributed by atoms with E-state index in [0.717, 1.165) is 38.6 Å². The molecule has 1 saturated carbocycles. The van der Waals surface area contributed by atoms with Crippen LogP contribution in [0.5, 0.6) is 0 Å². The smallest absolute Gasteiger partial charge is 0.227 e. The minimum absolute atomic E-state index is 0.0376. The van der Waals surface area contributed by atoms with Crippen molar-refractivity contribution in [3.8, 4) is 0 Å². The summed E-state index contributed by atoms with van der Waals surface area (Å²) in [5.41, 5.74) is 5.72. The summed E-state index contributed by atoms with van der Waals surface area (Å²) in [4.78, 5) is 11.8. The molecule has 17 heavy (non-hydrogen) atoms. The third-order valence-electron chi connectivity index (χ3n) is 3.83. The van der Waals surface area contributed by atoms with Crippen LogP contribution in [-0.2, 0) is 4.79 Å². The second-order valence-electron chi connectivity index (χ2n) is 5.31. The first-order valence-electron chi connectivity index (χ1n) is 6.55. The van der Waals surface area contributed by atoms with Crippen LogP contribution < -0.4 is 11.1 Å². The number of aliphatic hydroxyl groups is 1. The third-order valence-corrected chi connectivity index (χ3v) is 3.83. The SMILES string of the molecule is NC1C=CC(C(=O)NCC2CCC(O)CC2)C1. The second-order valence-corrected chi connectivity index (χ2v) is 5.31. The Morgan fingerprint density at radius 1 is 1.29 bits per heavy atom. The van der Waals surface area contributed by atoms with E-state index in [4.69, 9.17) is 5.73 Å². The highest BCUT2D eigenvalue weighted by Crippen LogP contribution is 2.24. The van der Waals surface area contributed by atoms with Crippen molar-refractivity contribution >= 4 is 5.91 Å². The molecule has 0 aromatic heterocycles. The van der Waals surface area contributed by atoms with Gasteiger partial charge in [-0.25, -0.2) is 0 Å². The van der Waals surface area contributed by atoms with Crippen LogP contribution in [-0.4, -0.2) is 29.7 Å². The van der Waals surface area contributed by atoms with E-state index in [0.29, 0.717) is 5.92 Å². The molecule has 2 unspecified atom stereocenters. The number of hydrogen-bond acceptors (Lipinski definition) is 3. The van der Waals surface area contributed by atoms with E-state index in [9.17, 15) is 9.90 Å². The van der Waals surface area contributed by atoms with Gasteiger partial charge in [-0.3, -0.25) is 4.79 Å². The van der Waals surface area contributed by atoms with Crippen molar-refractivity contribution in [2.45, 2.75) is 44.2 Å². The second kappa shape index (κ2) is 5.65. The van der Waals surface area contributed by atoms with Crippen molar-refractivity contribution in [1.82, 2.24) is 5.32 Å². The third kappa shape index (κ3) is 3.54. The number of carbonyl (C=O) groups excluding carboxylic acids is 1. The fraction of sp³-hybridized carbons (Fsp3) is 0.769. The zero-order valence-electron chi connectivity index (χ0n) is 10.1. The number of nitrogens with two attached hydrogens (primary N) is 1. The molecule has 4 N–H and O–H groups in total. The average Bonchev–Trinajstić information content (AvgIpc) is 2.75. The summed E-state index contributed by atoms with van der Waals surface area (Å²) in [6.07, 6.45) is 8.19. The number of rotatable bonds is 3. The van der Waals surface area contributed by atoms with Gasteiger partial charge < -0.3 is 16.2 Å². The van der Waals surface area contributed by atoms with E-state index < -0.39 is 0 Å². The predicted octanol–water partition coefficient (Wildman–Crippen LogP) is 0.557. The molecule has 0 aromatic rings. The highest BCUT2D eigenvalue weighted by atomic mass is 16.3. The molecule has 4 nitrogen and oxygen atoms in total. The molecule has 0 heterocycles. The first-order chi connectivity index (χ1) is 8.15. The Morgan fingerprint density at radius 2 is 2.00 bits per heavy atom. The molecule has 0 spiro atoms. The molecule has 1 fully saturated rings. The fourth-order valence-electron chi connectivity index (χ4n) is 2.65. The Labute approximate surface area is 102 Å². The Morgan fingerprint density at radius 3 is 2.59 bits per heavy atom. The quantitative estimate of drug-likeness (QED) is 0.629. The Bertz CT molecular complexity index is 296. The molecule has 4 heteroatoms. The monoisotopic (exact) mass is 238 g/mol. The van der Waals surface area contributed by atoms with Crippen LogP contribution in [0, 0.1) is 11.8 Å². The van der Waals surface area contributed by atoms with E-state index in [1.54, 1.807) is 0 Å². The van der Waals surface area contributed by atoms with Gasteiger partial charge in [-0.1, -0.05) is 12.2 Å². The summed E-state index contributed by atoms with van der Waals surface area (Å²) in [6.45, 7) is 0.741. The summed E-state index contributed by atoms with van der Waals surface area (Å²) in [5, 5.41) is 12.4. The molecular formula is C13H22N2O2. The van der Waals surface area contributed by atoms with Crippen molar-refractivity contribution in [1.29, 1.82) is 0 Å². The summed E-state index contributed by atoms with van der Waals surface area (Å²) < 4.78 is 0. The number of carbonyl (C=O) groups is 1. The lowest BCUT2D eigenvalue weighted by molar-refractivity contribution is -0.123. The fourth-order valence-corrected chi connectivity index (χ4v) is 2.65. The minimum atomic E-state index is -0.127. The summed E-state index contributed by atoms with van der Waals surface area (Å²) in [6, 6.07) is 0.0376. The first-order valence-corrected chi connectivity index (χ1v) is 6.55. The minimum Gasteiger partial charge on any atom is -0.393 e. The maximum Gasteiger partial charge on any atom is 0.227 e. The topological polar surface area (TPSA) is 75.4 Å². The van der Waals surface area contributed by atoms with Gasteiger partial charge >= 0.3 is 0 Å². The molecule has 0 radical (unpaired) electrons. The van der Waals surface area contributed by atoms with Crippen LogP contribution in [0.3, 0.4) is 0 Å². The van der Waals surface area contributed by atoms with Crippen LogP contribution in [0.1, 0.15) is 32.1 Å². The van der Waals surface area contributed by atoms with Crippen molar-refractivity contribution in [3.63, 3.8) is 0 Å². The van der Waals surface area contributed by atoms with Crippen LogP contribution in [0.15, 0.2) is 12.2 Å². The molecule has 2 rings (SSSR count). The molecule has 96 valence electrons. The molecule has 0 aliphatic heterocycles. The zero-order chi connectivity index (χ0) is 12.3. The molecule has 2 aliphatic rings. The van der Waals surface area contributed by atoms with Gasteiger partial charge in [0.05, 0.1) is 12.0 Å². The Hall–Kier alpha value is -0.870. The standard InChI is InChI=1S/C13H22N2O2/c14-11-4-3-10(7-11)13(17)15-8-9-1-5-12(16)6-2-9/h3-4,9-12,16H,1-2,5-8,14H2,(H,15,17). The lowest BCUT2D eigenvalue weighted by Gasteiger charge is -2.25. The molecule has 0 saturated heterocycles. The van der Waals surface area contributed by atoms with Gasteiger partial charge in [0.1, 0.15) is 0 Å². The van der Waals surface area contributed by atoms with E-state index in [1.165, 1.54) is 0 Å². The van der Waals surface area contributed by atoms with Crippen molar-refractivity contribution in [2.75, 3.05) is 6.54 Å². The number of aliphatic hydroxyl groups excluding tert-OH is 1. The van der Waals surface area contributed by atoms with Crippen molar-refractivity contribution < 1.29 is 9.90 Å². The van der Waals surface area contributed by atoms with Gasteiger partial charge in [0, 0.05) is 12.6 Å². The van der Waals surface area contributed by atoms with Gasteiger partial charge in [0.2, 0.25) is 5.91 Å². The normalized spacial score (nSPS) is 37.1. The van der Waals surface area contributed by atoms with Gasteiger partial charge in [0.15, 0.2) is 0 Å². The lowest BCUT2D eigenvalue weighted by Crippen LogP contribution is -2.35. The van der Waals surface area contributed by atoms with E-state index in [1.807, 2.05) is 12.2 Å². The lowest BCUT2D eigenvalue weighted by atomic mass is 9.87. The molecular weight excluding hydrogens is 216 g/mol. The highest BCUT2D eigenvalue weighted by Gasteiger charge is 2.24. The van der Waals surface area contributed by atoms with Gasteiger partial charge in [-0.15, -0.1) is 0 Å². The van der Waals surface area contributed by atoms with Crippen LogP contribution in [0.2, 0.25) is 0 Å². The first kappa shape index (κ1) is 12.6. The van der Waals surface area contributed by atoms with Gasteiger partial charge in [-0.2, -0.15) is 0 Å². The van der Waals surface area contributed by atoms with Crippen LogP contribution in [0.4, 0.5) is 0 Å². The number of hydrogen-bond donors (Lipinski definition) is 3. The van der Waals surface area contributed by atoms with E-state index in [2.05, 4.69) is 5.32 Å². The highest BCUT2D eigenvalue weighted by molar-refractivity contribution is 5.81. The summed E-state index contributed by atoms with van der Waals surface area (Å²) >= 11 is 0. The zero-order valence-corrected chi connectivity index (χ0v) is 10.1. The number of amides is 1. The number of nitrogens with one attached hydrogen (secondary N) is 1. The van der Waals surface area contributed by atoms with Crippen molar-refractivity contribution in [3.05, 3.63) is 12.2 Å². The van der Waals surface area contributed by atoms with E-state index in [-0.39, 0.29) is 24.0 Å². The Kier molecular flexibility index (Phi) is 4.18. The largest absolute Gasteiger partial charge is 0.393 e. The van der Waals surface area contributed by atoms with Gasteiger partial charge in [-0.05, 0) is 38.0 Å². The molecule has 0 aromatic carbocycles. The van der Waals surface area contributed by atoms with E-state index >= 15 is 0 Å². The summed E-state index contributed by atoms with van der Waals surface area (Å²) in [5.74, 6) is 0.584. The molecule has 2 atom stereocenters. The maximum absolute atomic E-state index is 11.8. The van der Waals surface area contributed by atoms with Crippen LogP contribution in [0.25, 0.3) is 0 Å². The maximum atomic E-state index is 11.8. The Balaban J connectivity index is 1.68. The molecule has 1 amide bonds. The van der Waals surface area contributed by atoms with Gasteiger partial charge in [0.25, 0.3) is 0 Å². The molecule has 0 bridgehead atoms. The summed E-state index contributed by atoms with van der Waals surface area (Å²) in [7, 11) is 0. The van der Waals surface area contributed by atoms with Crippen LogP contribution >= 0.6 is 0 Å². The average molecular weight is 238 g/mol. The van der Waals surface area contributed by atoms with Crippen molar-refractivity contribution in [2.24, 2.45) is 17.6 Å².